The summed E-state index contributed by atoms with van der Waals surface area (Å²) in [6.07, 6.45) is 2.36. The molecular weight excluding hydrogens is 252 g/mol. The number of hydrogen-bond donors (Lipinski definition) is 1. The summed E-state index contributed by atoms with van der Waals surface area (Å²) in [4.78, 5) is 26.8. The SMILES string of the molecule is CC(C1CC1)N(C)C(=O)N1CCSCC1C(=O)O. The van der Waals surface area contributed by atoms with Crippen molar-refractivity contribution < 1.29 is 14.7 Å². The van der Waals surface area contributed by atoms with Gasteiger partial charge in [0, 0.05) is 31.1 Å². The fourth-order valence-electron chi connectivity index (χ4n) is 2.31. The van der Waals surface area contributed by atoms with E-state index in [0.29, 0.717) is 18.2 Å². The van der Waals surface area contributed by atoms with Gasteiger partial charge >= 0.3 is 12.0 Å². The highest BCUT2D eigenvalue weighted by molar-refractivity contribution is 7.99. The van der Waals surface area contributed by atoms with Gasteiger partial charge in [-0.05, 0) is 25.7 Å². The summed E-state index contributed by atoms with van der Waals surface area (Å²) >= 11 is 1.60. The van der Waals surface area contributed by atoms with Gasteiger partial charge in [-0.1, -0.05) is 0 Å². The van der Waals surface area contributed by atoms with Gasteiger partial charge in [0.25, 0.3) is 0 Å². The Balaban J connectivity index is 2.02. The summed E-state index contributed by atoms with van der Waals surface area (Å²) in [5, 5.41) is 9.17. The Morgan fingerprint density at radius 1 is 1.44 bits per heavy atom. The van der Waals surface area contributed by atoms with Crippen LogP contribution in [0.5, 0.6) is 0 Å². The lowest BCUT2D eigenvalue weighted by atomic mass is 10.2. The van der Waals surface area contributed by atoms with Crippen LogP contribution >= 0.6 is 11.8 Å². The lowest BCUT2D eigenvalue weighted by Gasteiger charge is -2.37. The maximum absolute atomic E-state index is 12.4. The molecule has 0 spiro atoms. The molecule has 1 aliphatic carbocycles. The second-order valence-electron chi connectivity index (χ2n) is 5.09. The van der Waals surface area contributed by atoms with Crippen molar-refractivity contribution in [1.82, 2.24) is 9.80 Å². The van der Waals surface area contributed by atoms with E-state index in [1.807, 2.05) is 6.92 Å². The van der Waals surface area contributed by atoms with Crippen LogP contribution in [0.25, 0.3) is 0 Å². The number of nitrogens with zero attached hydrogens (tertiary/aromatic N) is 2. The van der Waals surface area contributed by atoms with Gasteiger partial charge in [-0.25, -0.2) is 9.59 Å². The average Bonchev–Trinajstić information content (AvgIpc) is 3.20. The number of carbonyl (C=O) groups excluding carboxylic acids is 1. The first-order valence-corrected chi connectivity index (χ1v) is 7.52. The predicted molar refractivity (Wildman–Crippen MR) is 70.8 cm³/mol. The molecule has 0 radical (unpaired) electrons. The first-order chi connectivity index (χ1) is 8.52. The van der Waals surface area contributed by atoms with Crippen molar-refractivity contribution in [3.8, 4) is 0 Å². The molecule has 1 aliphatic heterocycles. The minimum atomic E-state index is -0.900. The molecular formula is C12H20N2O3S. The van der Waals surface area contributed by atoms with Crippen molar-refractivity contribution in [2.75, 3.05) is 25.1 Å². The van der Waals surface area contributed by atoms with E-state index in [2.05, 4.69) is 0 Å². The zero-order valence-electron chi connectivity index (χ0n) is 10.8. The van der Waals surface area contributed by atoms with Gasteiger partial charge in [0.15, 0.2) is 0 Å². The van der Waals surface area contributed by atoms with Gasteiger partial charge < -0.3 is 14.9 Å². The molecule has 6 heteroatoms. The van der Waals surface area contributed by atoms with E-state index < -0.39 is 12.0 Å². The number of carboxylic acid groups (broad SMARTS) is 1. The molecule has 5 nitrogen and oxygen atoms in total. The lowest BCUT2D eigenvalue weighted by molar-refractivity contribution is -0.141. The standard InChI is InChI=1S/C12H20N2O3S/c1-8(9-3-4-9)13(2)12(17)14-5-6-18-7-10(14)11(15)16/h8-10H,3-7H2,1-2H3,(H,15,16). The molecule has 1 saturated carbocycles. The predicted octanol–water partition coefficient (Wildman–Crippen LogP) is 1.34. The van der Waals surface area contributed by atoms with Crippen LogP contribution in [0.3, 0.4) is 0 Å². The smallest absolute Gasteiger partial charge is 0.327 e. The molecule has 18 heavy (non-hydrogen) atoms. The summed E-state index contributed by atoms with van der Waals surface area (Å²) in [5.41, 5.74) is 0. The summed E-state index contributed by atoms with van der Waals surface area (Å²) < 4.78 is 0. The molecule has 1 N–H and O–H groups in total. The molecule has 0 bridgehead atoms. The molecule has 2 unspecified atom stereocenters. The molecule has 102 valence electrons. The topological polar surface area (TPSA) is 60.9 Å². The zero-order chi connectivity index (χ0) is 13.3. The van der Waals surface area contributed by atoms with E-state index in [-0.39, 0.29) is 12.1 Å². The average molecular weight is 272 g/mol. The van der Waals surface area contributed by atoms with Gasteiger partial charge in [-0.15, -0.1) is 0 Å². The first-order valence-electron chi connectivity index (χ1n) is 6.36. The molecule has 2 rings (SSSR count). The van der Waals surface area contributed by atoms with Crippen LogP contribution in [-0.4, -0.2) is 64.1 Å². The number of thioether (sulfide) groups is 1. The maximum atomic E-state index is 12.4. The highest BCUT2D eigenvalue weighted by Crippen LogP contribution is 2.35. The number of urea groups is 1. The third-order valence-corrected chi connectivity index (χ3v) is 4.90. The number of aliphatic carboxylic acids is 1. The highest BCUT2D eigenvalue weighted by atomic mass is 32.2. The highest BCUT2D eigenvalue weighted by Gasteiger charge is 2.38. The fraction of sp³-hybridized carbons (Fsp3) is 0.833. The molecule has 2 fully saturated rings. The Morgan fingerprint density at radius 2 is 2.11 bits per heavy atom. The third kappa shape index (κ3) is 2.74. The lowest BCUT2D eigenvalue weighted by Crippen LogP contribution is -2.55. The van der Waals surface area contributed by atoms with Crippen LogP contribution in [0, 0.1) is 5.92 Å². The Bertz CT molecular complexity index is 346. The Labute approximate surface area is 112 Å². The molecule has 2 aliphatic rings. The van der Waals surface area contributed by atoms with Crippen molar-refractivity contribution in [1.29, 1.82) is 0 Å². The minimum Gasteiger partial charge on any atom is -0.480 e. The van der Waals surface area contributed by atoms with Crippen molar-refractivity contribution in [3.05, 3.63) is 0 Å². The molecule has 1 heterocycles. The summed E-state index contributed by atoms with van der Waals surface area (Å²) in [7, 11) is 1.78. The van der Waals surface area contributed by atoms with Crippen molar-refractivity contribution in [2.45, 2.75) is 31.8 Å². The van der Waals surface area contributed by atoms with E-state index in [0.717, 1.165) is 5.75 Å². The van der Waals surface area contributed by atoms with Gasteiger partial charge in [0.1, 0.15) is 6.04 Å². The molecule has 2 amide bonds. The number of rotatable bonds is 3. The van der Waals surface area contributed by atoms with E-state index in [1.165, 1.54) is 17.7 Å². The van der Waals surface area contributed by atoms with Crippen LogP contribution in [0.1, 0.15) is 19.8 Å². The maximum Gasteiger partial charge on any atom is 0.327 e. The first kappa shape index (κ1) is 13.5. The molecule has 2 atom stereocenters. The third-order valence-electron chi connectivity index (χ3n) is 3.88. The van der Waals surface area contributed by atoms with Crippen molar-refractivity contribution >= 4 is 23.8 Å². The van der Waals surface area contributed by atoms with Gasteiger partial charge in [-0.2, -0.15) is 11.8 Å². The van der Waals surface area contributed by atoms with Crippen LogP contribution < -0.4 is 0 Å². The fourth-order valence-corrected chi connectivity index (χ4v) is 3.35. The summed E-state index contributed by atoms with van der Waals surface area (Å²) in [6, 6.07) is -0.603. The Kier molecular flexibility index (Phi) is 4.04. The van der Waals surface area contributed by atoms with Crippen LogP contribution in [0.15, 0.2) is 0 Å². The van der Waals surface area contributed by atoms with Gasteiger partial charge in [-0.3, -0.25) is 0 Å². The minimum absolute atomic E-state index is 0.137. The molecule has 0 aromatic carbocycles. The van der Waals surface area contributed by atoms with Crippen molar-refractivity contribution in [3.63, 3.8) is 0 Å². The molecule has 1 saturated heterocycles. The van der Waals surface area contributed by atoms with E-state index in [9.17, 15) is 14.7 Å². The summed E-state index contributed by atoms with van der Waals surface area (Å²) in [6.45, 7) is 2.58. The van der Waals surface area contributed by atoms with Crippen molar-refractivity contribution in [2.24, 2.45) is 5.92 Å². The normalized spacial score (nSPS) is 25.7. The van der Waals surface area contributed by atoms with Gasteiger partial charge in [0.05, 0.1) is 0 Å². The van der Waals surface area contributed by atoms with Crippen LogP contribution in [0.4, 0.5) is 4.79 Å². The quantitative estimate of drug-likeness (QED) is 0.842. The Morgan fingerprint density at radius 3 is 2.67 bits per heavy atom. The monoisotopic (exact) mass is 272 g/mol. The number of carboxylic acids is 1. The molecule has 0 aromatic rings. The molecule has 0 aromatic heterocycles. The number of carbonyl (C=O) groups is 2. The number of amides is 2. The van der Waals surface area contributed by atoms with Gasteiger partial charge in [0.2, 0.25) is 0 Å². The van der Waals surface area contributed by atoms with E-state index in [1.54, 1.807) is 23.7 Å². The van der Waals surface area contributed by atoms with E-state index >= 15 is 0 Å². The zero-order valence-corrected chi connectivity index (χ0v) is 11.7. The number of hydrogen-bond acceptors (Lipinski definition) is 3. The van der Waals surface area contributed by atoms with E-state index in [4.69, 9.17) is 0 Å². The largest absolute Gasteiger partial charge is 0.480 e. The van der Waals surface area contributed by atoms with Crippen LogP contribution in [0.2, 0.25) is 0 Å². The summed E-state index contributed by atoms with van der Waals surface area (Å²) in [5.74, 6) is 1.01. The Hall–Kier alpha value is -0.910. The second-order valence-corrected chi connectivity index (χ2v) is 6.24. The van der Waals surface area contributed by atoms with Crippen LogP contribution in [-0.2, 0) is 4.79 Å². The second kappa shape index (κ2) is 5.38.